The largest absolute Gasteiger partial charge is 0.493 e. The molecule has 3 rings (SSSR count). The van der Waals surface area contributed by atoms with Gasteiger partial charge in [0.2, 0.25) is 0 Å². The van der Waals surface area contributed by atoms with Crippen LogP contribution in [-0.4, -0.2) is 46.3 Å². The van der Waals surface area contributed by atoms with Gasteiger partial charge in [0.1, 0.15) is 11.3 Å². The lowest BCUT2D eigenvalue weighted by molar-refractivity contribution is 0.355. The van der Waals surface area contributed by atoms with E-state index in [2.05, 4.69) is 19.0 Å². The second-order valence-corrected chi connectivity index (χ2v) is 7.18. The van der Waals surface area contributed by atoms with Gasteiger partial charge in [-0.3, -0.25) is 4.99 Å². The van der Waals surface area contributed by atoms with Crippen molar-refractivity contribution in [3.63, 3.8) is 0 Å². The van der Waals surface area contributed by atoms with Gasteiger partial charge < -0.3 is 18.8 Å². The first-order valence-electron chi connectivity index (χ1n) is 9.13. The number of rotatable bonds is 7. The SMILES string of the molecule is COc1ccc(-c2cc(=NCCCN(C)C)c3cc(Cl)ccc3o2)cc1OC. The van der Waals surface area contributed by atoms with E-state index in [1.807, 2.05) is 42.5 Å². The van der Waals surface area contributed by atoms with Crippen LogP contribution >= 0.6 is 11.6 Å². The van der Waals surface area contributed by atoms with E-state index in [1.54, 1.807) is 14.2 Å². The number of hydrogen-bond acceptors (Lipinski definition) is 5. The molecule has 0 spiro atoms. The molecule has 3 aromatic rings. The van der Waals surface area contributed by atoms with Crippen molar-refractivity contribution < 1.29 is 13.9 Å². The molecule has 0 bridgehead atoms. The summed E-state index contributed by atoms with van der Waals surface area (Å²) in [6.45, 7) is 1.72. The molecule has 0 aliphatic rings. The number of benzene rings is 2. The standard InChI is InChI=1S/C22H25ClN2O3/c1-25(2)11-5-10-24-18-14-21(28-19-9-7-16(23)13-17(18)19)15-6-8-20(26-3)22(12-15)27-4/h6-9,12-14H,5,10-11H2,1-4H3. The van der Waals surface area contributed by atoms with Gasteiger partial charge in [-0.1, -0.05) is 11.6 Å². The van der Waals surface area contributed by atoms with E-state index < -0.39 is 0 Å². The Kier molecular flexibility index (Phi) is 6.60. The molecule has 0 aliphatic heterocycles. The van der Waals surface area contributed by atoms with Gasteiger partial charge in [-0.15, -0.1) is 0 Å². The third-order valence-electron chi connectivity index (χ3n) is 4.42. The summed E-state index contributed by atoms with van der Waals surface area (Å²) in [4.78, 5) is 6.96. The first-order valence-corrected chi connectivity index (χ1v) is 9.50. The third kappa shape index (κ3) is 4.66. The van der Waals surface area contributed by atoms with Crippen LogP contribution in [0.3, 0.4) is 0 Å². The number of nitrogens with zero attached hydrogens (tertiary/aromatic N) is 2. The fourth-order valence-corrected chi connectivity index (χ4v) is 3.16. The first kappa shape index (κ1) is 20.2. The Morgan fingerprint density at radius 3 is 2.50 bits per heavy atom. The molecule has 6 heteroatoms. The van der Waals surface area contributed by atoms with Crippen molar-refractivity contribution >= 4 is 22.6 Å². The molecule has 28 heavy (non-hydrogen) atoms. The molecule has 1 heterocycles. The number of fused-ring (bicyclic) bond motifs is 1. The normalized spacial score (nSPS) is 12.0. The molecule has 5 nitrogen and oxygen atoms in total. The van der Waals surface area contributed by atoms with Crippen LogP contribution < -0.4 is 14.8 Å². The topological polar surface area (TPSA) is 47.2 Å². The fourth-order valence-electron chi connectivity index (χ4n) is 2.99. The first-order chi connectivity index (χ1) is 13.5. The van der Waals surface area contributed by atoms with Crippen molar-refractivity contribution in [3.8, 4) is 22.8 Å². The van der Waals surface area contributed by atoms with Crippen LogP contribution in [0, 0.1) is 0 Å². The number of hydrogen-bond donors (Lipinski definition) is 0. The fraction of sp³-hybridized carbons (Fsp3) is 0.318. The van der Waals surface area contributed by atoms with E-state index in [1.165, 1.54) is 0 Å². The molecule has 0 amide bonds. The van der Waals surface area contributed by atoms with Crippen LogP contribution in [0.25, 0.3) is 22.3 Å². The highest BCUT2D eigenvalue weighted by Crippen LogP contribution is 2.33. The molecular weight excluding hydrogens is 376 g/mol. The zero-order valence-electron chi connectivity index (χ0n) is 16.7. The van der Waals surface area contributed by atoms with Gasteiger partial charge in [-0.2, -0.15) is 0 Å². The summed E-state index contributed by atoms with van der Waals surface area (Å²) in [5.74, 6) is 2.03. The molecule has 0 atom stereocenters. The predicted molar refractivity (Wildman–Crippen MR) is 113 cm³/mol. The predicted octanol–water partition coefficient (Wildman–Crippen LogP) is 4.62. The Hall–Kier alpha value is -2.50. The number of methoxy groups -OCH3 is 2. The van der Waals surface area contributed by atoms with Crippen molar-refractivity contribution in [3.05, 3.63) is 52.8 Å². The molecule has 0 N–H and O–H groups in total. The molecular formula is C22H25ClN2O3. The summed E-state index contributed by atoms with van der Waals surface area (Å²) in [6.07, 6.45) is 0.979. The summed E-state index contributed by atoms with van der Waals surface area (Å²) in [5, 5.41) is 2.43. The van der Waals surface area contributed by atoms with E-state index in [0.717, 1.165) is 41.4 Å². The Morgan fingerprint density at radius 1 is 1.00 bits per heavy atom. The third-order valence-corrected chi connectivity index (χ3v) is 4.65. The molecule has 0 aliphatic carbocycles. The summed E-state index contributed by atoms with van der Waals surface area (Å²) >= 11 is 6.20. The zero-order valence-corrected chi connectivity index (χ0v) is 17.4. The molecule has 1 aromatic heterocycles. The van der Waals surface area contributed by atoms with Crippen molar-refractivity contribution in [2.24, 2.45) is 4.99 Å². The maximum Gasteiger partial charge on any atom is 0.161 e. The van der Waals surface area contributed by atoms with Crippen LogP contribution in [0.2, 0.25) is 5.02 Å². The van der Waals surface area contributed by atoms with Crippen molar-refractivity contribution in [2.75, 3.05) is 41.4 Å². The highest BCUT2D eigenvalue weighted by atomic mass is 35.5. The summed E-state index contributed by atoms with van der Waals surface area (Å²) in [7, 11) is 7.36. The Morgan fingerprint density at radius 2 is 1.79 bits per heavy atom. The Labute approximate surface area is 170 Å². The van der Waals surface area contributed by atoms with Gasteiger partial charge in [0.15, 0.2) is 11.5 Å². The maximum atomic E-state index is 6.20. The van der Waals surface area contributed by atoms with Crippen LogP contribution in [0.5, 0.6) is 11.5 Å². The van der Waals surface area contributed by atoms with Crippen molar-refractivity contribution in [1.82, 2.24) is 4.90 Å². The maximum absolute atomic E-state index is 6.20. The highest BCUT2D eigenvalue weighted by Gasteiger charge is 2.10. The minimum absolute atomic E-state index is 0.649. The van der Waals surface area contributed by atoms with E-state index >= 15 is 0 Å². The smallest absolute Gasteiger partial charge is 0.161 e. The summed E-state index contributed by atoms with van der Waals surface area (Å²) in [5.41, 5.74) is 1.63. The molecule has 0 fully saturated rings. The average molecular weight is 401 g/mol. The zero-order chi connectivity index (χ0) is 20.1. The lowest BCUT2D eigenvalue weighted by atomic mass is 10.1. The van der Waals surface area contributed by atoms with E-state index in [9.17, 15) is 0 Å². The summed E-state index contributed by atoms with van der Waals surface area (Å²) < 4.78 is 16.9. The van der Waals surface area contributed by atoms with Crippen LogP contribution in [-0.2, 0) is 0 Å². The molecule has 0 saturated heterocycles. The molecule has 0 saturated carbocycles. The number of ether oxygens (including phenoxy) is 2. The lowest BCUT2D eigenvalue weighted by Crippen LogP contribution is -2.14. The second kappa shape index (κ2) is 9.13. The minimum atomic E-state index is 0.649. The van der Waals surface area contributed by atoms with Gasteiger partial charge in [-0.05, 0) is 63.5 Å². The summed E-state index contributed by atoms with van der Waals surface area (Å²) in [6, 6.07) is 13.2. The highest BCUT2D eigenvalue weighted by molar-refractivity contribution is 6.31. The van der Waals surface area contributed by atoms with Crippen LogP contribution in [0.15, 0.2) is 51.9 Å². The quantitative estimate of drug-likeness (QED) is 0.543. The van der Waals surface area contributed by atoms with E-state index in [-0.39, 0.29) is 0 Å². The average Bonchev–Trinajstić information content (AvgIpc) is 2.70. The van der Waals surface area contributed by atoms with Gasteiger partial charge in [-0.25, -0.2) is 0 Å². The van der Waals surface area contributed by atoms with Gasteiger partial charge in [0.25, 0.3) is 0 Å². The Balaban J connectivity index is 2.09. The number of halogens is 1. The molecule has 2 aromatic carbocycles. The lowest BCUT2D eigenvalue weighted by Gasteiger charge is -2.10. The van der Waals surface area contributed by atoms with E-state index in [4.69, 9.17) is 30.5 Å². The Bertz CT molecular complexity index is 1030. The van der Waals surface area contributed by atoms with Gasteiger partial charge in [0, 0.05) is 28.6 Å². The second-order valence-electron chi connectivity index (χ2n) is 6.74. The molecule has 148 valence electrons. The van der Waals surface area contributed by atoms with E-state index in [0.29, 0.717) is 22.3 Å². The molecule has 0 unspecified atom stereocenters. The van der Waals surface area contributed by atoms with Gasteiger partial charge in [0.05, 0.1) is 19.6 Å². The molecule has 0 radical (unpaired) electrons. The van der Waals surface area contributed by atoms with Crippen molar-refractivity contribution in [2.45, 2.75) is 6.42 Å². The van der Waals surface area contributed by atoms with Crippen LogP contribution in [0.4, 0.5) is 0 Å². The monoisotopic (exact) mass is 400 g/mol. The van der Waals surface area contributed by atoms with Crippen LogP contribution in [0.1, 0.15) is 6.42 Å². The minimum Gasteiger partial charge on any atom is -0.493 e. The van der Waals surface area contributed by atoms with Crippen molar-refractivity contribution in [1.29, 1.82) is 0 Å². The van der Waals surface area contributed by atoms with Gasteiger partial charge >= 0.3 is 0 Å².